The highest BCUT2D eigenvalue weighted by atomic mass is 16.3. The fraction of sp³-hybridized carbons (Fsp3) is 0.778. The Morgan fingerprint density at radius 3 is 1.93 bits per heavy atom. The molecule has 0 aliphatic carbocycles. The van der Waals surface area contributed by atoms with Crippen molar-refractivity contribution in [3.63, 3.8) is 0 Å². The van der Waals surface area contributed by atoms with Gasteiger partial charge in [0.1, 0.15) is 19.0 Å². The summed E-state index contributed by atoms with van der Waals surface area (Å²) in [4.78, 5) is 25.4. The number of hydrogen-bond donors (Lipinski definition) is 2. The van der Waals surface area contributed by atoms with E-state index < -0.39 is 30.9 Å². The van der Waals surface area contributed by atoms with Crippen LogP contribution in [-0.2, 0) is 4.79 Å². The largest absolute Gasteiger partial charge is 0.376 e. The van der Waals surface area contributed by atoms with E-state index in [0.29, 0.717) is 12.8 Å². The van der Waals surface area contributed by atoms with Crippen molar-refractivity contribution in [3.8, 4) is 0 Å². The summed E-state index contributed by atoms with van der Waals surface area (Å²) in [6.45, 7) is 2.40. The van der Waals surface area contributed by atoms with Crippen LogP contribution in [0.4, 0.5) is 4.79 Å². The molecule has 3 amide bonds. The number of carbonyl (C=O) groups excluding carboxylic acids is 2. The van der Waals surface area contributed by atoms with Gasteiger partial charge in [-0.05, 0) is 12.8 Å². The minimum absolute atomic E-state index is 0.422. The predicted molar refractivity (Wildman–Crippen MR) is 51.6 cm³/mol. The van der Waals surface area contributed by atoms with Crippen LogP contribution in [0.5, 0.6) is 0 Å². The second-order valence-electron chi connectivity index (χ2n) is 3.47. The van der Waals surface area contributed by atoms with E-state index in [-0.39, 0.29) is 0 Å². The molecule has 2 N–H and O–H groups in total. The summed E-state index contributed by atoms with van der Waals surface area (Å²) in [5.41, 5.74) is -0.992. The predicted octanol–water partition coefficient (Wildman–Crippen LogP) is -0.291. The third-order valence-corrected chi connectivity index (χ3v) is 3.07. The molecule has 6 heteroatoms. The van der Waals surface area contributed by atoms with Gasteiger partial charge in [0.05, 0.1) is 0 Å². The molecule has 0 saturated carbocycles. The standard InChI is InChI=1S/C9H16N2O4/c1-3-9(4-2)7(14)10(5-12)8(15)11(9)6-13/h12-13H,3-6H2,1-2H3. The van der Waals surface area contributed by atoms with Crippen molar-refractivity contribution in [2.45, 2.75) is 32.2 Å². The molecule has 0 aromatic rings. The van der Waals surface area contributed by atoms with Crippen molar-refractivity contribution in [3.05, 3.63) is 0 Å². The fourth-order valence-electron chi connectivity index (χ4n) is 2.04. The summed E-state index contributed by atoms with van der Waals surface area (Å²) in [7, 11) is 0. The lowest BCUT2D eigenvalue weighted by Gasteiger charge is -2.31. The summed E-state index contributed by atoms with van der Waals surface area (Å²) in [5.74, 6) is -0.436. The average molecular weight is 216 g/mol. The summed E-state index contributed by atoms with van der Waals surface area (Å²) in [5, 5.41) is 18.0. The van der Waals surface area contributed by atoms with Crippen LogP contribution in [0.15, 0.2) is 0 Å². The maximum absolute atomic E-state index is 11.9. The Bertz CT molecular complexity index is 275. The van der Waals surface area contributed by atoms with E-state index in [1.54, 1.807) is 13.8 Å². The van der Waals surface area contributed by atoms with E-state index in [9.17, 15) is 9.59 Å². The first-order chi connectivity index (χ1) is 7.08. The van der Waals surface area contributed by atoms with E-state index in [4.69, 9.17) is 10.2 Å². The zero-order valence-electron chi connectivity index (χ0n) is 8.93. The van der Waals surface area contributed by atoms with Crippen molar-refractivity contribution in [1.29, 1.82) is 0 Å². The minimum Gasteiger partial charge on any atom is -0.376 e. The molecular formula is C9H16N2O4. The molecule has 0 radical (unpaired) electrons. The van der Waals surface area contributed by atoms with Crippen LogP contribution in [0.2, 0.25) is 0 Å². The van der Waals surface area contributed by atoms with Crippen LogP contribution in [0.3, 0.4) is 0 Å². The smallest absolute Gasteiger partial charge is 0.331 e. The Labute approximate surface area is 88.1 Å². The van der Waals surface area contributed by atoms with Crippen LogP contribution in [0.25, 0.3) is 0 Å². The molecule has 86 valence electrons. The molecule has 1 saturated heterocycles. The monoisotopic (exact) mass is 216 g/mol. The van der Waals surface area contributed by atoms with Crippen LogP contribution >= 0.6 is 0 Å². The van der Waals surface area contributed by atoms with Gasteiger partial charge in [-0.2, -0.15) is 0 Å². The molecule has 15 heavy (non-hydrogen) atoms. The Kier molecular flexibility index (Phi) is 3.31. The number of carbonyl (C=O) groups is 2. The third kappa shape index (κ3) is 1.40. The first-order valence-corrected chi connectivity index (χ1v) is 4.94. The van der Waals surface area contributed by atoms with Crippen LogP contribution in [0, 0.1) is 0 Å². The van der Waals surface area contributed by atoms with Gasteiger partial charge in [-0.1, -0.05) is 13.8 Å². The second-order valence-corrected chi connectivity index (χ2v) is 3.47. The van der Waals surface area contributed by atoms with Gasteiger partial charge in [0.25, 0.3) is 5.91 Å². The second kappa shape index (κ2) is 4.16. The van der Waals surface area contributed by atoms with Crippen molar-refractivity contribution in [1.82, 2.24) is 9.80 Å². The Morgan fingerprint density at radius 1 is 1.13 bits per heavy atom. The number of urea groups is 1. The molecule has 0 aromatic heterocycles. The van der Waals surface area contributed by atoms with Crippen LogP contribution in [0.1, 0.15) is 26.7 Å². The van der Waals surface area contributed by atoms with Crippen molar-refractivity contribution in [2.75, 3.05) is 13.5 Å². The van der Waals surface area contributed by atoms with Gasteiger partial charge in [0, 0.05) is 0 Å². The molecule has 1 rings (SSSR count). The number of hydrogen-bond acceptors (Lipinski definition) is 4. The highest BCUT2D eigenvalue weighted by molar-refractivity contribution is 6.06. The van der Waals surface area contributed by atoms with Gasteiger partial charge in [-0.3, -0.25) is 9.69 Å². The molecule has 0 aromatic carbocycles. The average Bonchev–Trinajstić information content (AvgIpc) is 2.46. The topological polar surface area (TPSA) is 81.1 Å². The Balaban J connectivity index is 3.15. The summed E-state index contributed by atoms with van der Waals surface area (Å²) >= 11 is 0. The molecule has 1 aliphatic heterocycles. The SMILES string of the molecule is CCC1(CC)C(=O)N(CO)C(=O)N1CO. The lowest BCUT2D eigenvalue weighted by atomic mass is 9.91. The van der Waals surface area contributed by atoms with E-state index in [1.165, 1.54) is 0 Å². The quantitative estimate of drug-likeness (QED) is 0.633. The Hall–Kier alpha value is -1.14. The maximum Gasteiger partial charge on any atom is 0.331 e. The third-order valence-electron chi connectivity index (χ3n) is 3.07. The molecule has 0 spiro atoms. The molecular weight excluding hydrogens is 200 g/mol. The molecule has 0 atom stereocenters. The Morgan fingerprint density at radius 2 is 1.67 bits per heavy atom. The lowest BCUT2D eigenvalue weighted by molar-refractivity contribution is -0.136. The zero-order chi connectivity index (χ0) is 11.6. The number of aliphatic hydroxyl groups excluding tert-OH is 2. The summed E-state index contributed by atoms with van der Waals surface area (Å²) in [6, 6.07) is -0.631. The van der Waals surface area contributed by atoms with E-state index in [1.807, 2.05) is 0 Å². The molecule has 1 fully saturated rings. The molecule has 6 nitrogen and oxygen atoms in total. The van der Waals surface area contributed by atoms with Gasteiger partial charge < -0.3 is 10.2 Å². The number of nitrogens with zero attached hydrogens (tertiary/aromatic N) is 2. The van der Waals surface area contributed by atoms with Crippen molar-refractivity contribution in [2.24, 2.45) is 0 Å². The number of aliphatic hydroxyl groups is 2. The fourth-order valence-corrected chi connectivity index (χ4v) is 2.04. The maximum atomic E-state index is 11.9. The first kappa shape index (κ1) is 11.9. The van der Waals surface area contributed by atoms with Gasteiger partial charge in [-0.25, -0.2) is 9.69 Å². The van der Waals surface area contributed by atoms with Gasteiger partial charge in [0.15, 0.2) is 0 Å². The van der Waals surface area contributed by atoms with Gasteiger partial charge in [0.2, 0.25) is 0 Å². The molecule has 1 aliphatic rings. The number of imide groups is 1. The van der Waals surface area contributed by atoms with Gasteiger partial charge in [-0.15, -0.1) is 0 Å². The number of amides is 3. The van der Waals surface area contributed by atoms with Crippen LogP contribution < -0.4 is 0 Å². The van der Waals surface area contributed by atoms with E-state index >= 15 is 0 Å². The van der Waals surface area contributed by atoms with Crippen molar-refractivity contribution >= 4 is 11.9 Å². The summed E-state index contributed by atoms with van der Waals surface area (Å²) in [6.07, 6.45) is 0.844. The van der Waals surface area contributed by atoms with Crippen LogP contribution in [-0.4, -0.2) is 51.0 Å². The number of rotatable bonds is 4. The summed E-state index contributed by atoms with van der Waals surface area (Å²) < 4.78 is 0. The molecule has 0 bridgehead atoms. The van der Waals surface area contributed by atoms with Crippen molar-refractivity contribution < 1.29 is 19.8 Å². The first-order valence-electron chi connectivity index (χ1n) is 4.94. The molecule has 1 heterocycles. The van der Waals surface area contributed by atoms with E-state index in [0.717, 1.165) is 9.80 Å². The lowest BCUT2D eigenvalue weighted by Crippen LogP contribution is -2.49. The highest BCUT2D eigenvalue weighted by Gasteiger charge is 2.54. The normalized spacial score (nSPS) is 20.3. The zero-order valence-corrected chi connectivity index (χ0v) is 8.93. The minimum atomic E-state index is -0.992. The van der Waals surface area contributed by atoms with Gasteiger partial charge >= 0.3 is 6.03 Å². The van der Waals surface area contributed by atoms with E-state index in [2.05, 4.69) is 0 Å². The highest BCUT2D eigenvalue weighted by Crippen LogP contribution is 2.33. The molecule has 0 unspecified atom stereocenters.